The smallest absolute Gasteiger partial charge is 0.319 e. The van der Waals surface area contributed by atoms with Gasteiger partial charge in [0.15, 0.2) is 0 Å². The number of aromatic nitrogens is 1. The summed E-state index contributed by atoms with van der Waals surface area (Å²) in [5, 5.41) is 4.33. The van der Waals surface area contributed by atoms with Gasteiger partial charge >= 0.3 is 5.97 Å². The van der Waals surface area contributed by atoms with Crippen LogP contribution in [0.2, 0.25) is 0 Å². The van der Waals surface area contributed by atoms with Crippen molar-refractivity contribution in [3.05, 3.63) is 59.3 Å². The molecule has 0 amide bonds. The van der Waals surface area contributed by atoms with Gasteiger partial charge in [-0.2, -0.15) is 0 Å². The van der Waals surface area contributed by atoms with Crippen LogP contribution in [0.5, 0.6) is 5.75 Å². The van der Waals surface area contributed by atoms with E-state index >= 15 is 0 Å². The molecule has 4 rings (SSSR count). The summed E-state index contributed by atoms with van der Waals surface area (Å²) >= 11 is 1.71. The number of nitrogens with zero attached hydrogens (tertiary/aromatic N) is 1. The molecule has 0 spiro atoms. The summed E-state index contributed by atoms with van der Waals surface area (Å²) < 4.78 is 10.6. The molecule has 0 radical (unpaired) electrons. The van der Waals surface area contributed by atoms with Crippen molar-refractivity contribution in [1.29, 1.82) is 0 Å². The van der Waals surface area contributed by atoms with E-state index in [9.17, 15) is 4.79 Å². The predicted octanol–water partition coefficient (Wildman–Crippen LogP) is 5.32. The Morgan fingerprint density at radius 1 is 1.29 bits per heavy atom. The second-order valence-corrected chi connectivity index (χ2v) is 9.13. The van der Waals surface area contributed by atoms with Crippen LogP contribution in [-0.2, 0) is 16.0 Å². The topological polar surface area (TPSA) is 60.5 Å². The molecule has 0 aliphatic heterocycles. The minimum Gasteiger partial charge on any atom is -0.491 e. The van der Waals surface area contributed by atoms with Crippen LogP contribution in [0.15, 0.2) is 42.6 Å². The van der Waals surface area contributed by atoms with E-state index < -0.39 is 0 Å². The highest BCUT2D eigenvalue weighted by Crippen LogP contribution is 2.41. The molecule has 1 heterocycles. The standard InChI is InChI=1S/C25H28N2O3S/c1-15(2)30-22-11-8-17(12-16(22)3)25-27-13-23(31-25)20-7-5-6-19-18(20)9-10-21(19)26-14-24(28)29-4/h5-8,11-13,15,21,26H,9-10,14H2,1-4H3/t21-/m0/s1. The molecule has 6 heteroatoms. The van der Waals surface area contributed by atoms with Crippen molar-refractivity contribution in [2.45, 2.75) is 45.8 Å². The molecular formula is C25H28N2O3S. The third kappa shape index (κ3) is 4.65. The summed E-state index contributed by atoms with van der Waals surface area (Å²) in [7, 11) is 1.42. The predicted molar refractivity (Wildman–Crippen MR) is 125 cm³/mol. The second-order valence-electron chi connectivity index (χ2n) is 8.10. The van der Waals surface area contributed by atoms with Gasteiger partial charge in [0, 0.05) is 17.8 Å². The number of carbonyl (C=O) groups is 1. The molecule has 0 fully saturated rings. The van der Waals surface area contributed by atoms with E-state index in [-0.39, 0.29) is 24.7 Å². The quantitative estimate of drug-likeness (QED) is 0.508. The van der Waals surface area contributed by atoms with Gasteiger partial charge in [0.25, 0.3) is 0 Å². The van der Waals surface area contributed by atoms with Gasteiger partial charge in [-0.25, -0.2) is 4.98 Å². The summed E-state index contributed by atoms with van der Waals surface area (Å²) in [6.07, 6.45) is 4.09. The van der Waals surface area contributed by atoms with E-state index in [0.29, 0.717) is 0 Å². The van der Waals surface area contributed by atoms with Gasteiger partial charge < -0.3 is 14.8 Å². The maximum Gasteiger partial charge on any atom is 0.319 e. The lowest BCUT2D eigenvalue weighted by molar-refractivity contribution is -0.139. The highest BCUT2D eigenvalue weighted by molar-refractivity contribution is 7.18. The zero-order valence-corrected chi connectivity index (χ0v) is 19.2. The van der Waals surface area contributed by atoms with Crippen LogP contribution in [0.1, 0.15) is 43.0 Å². The van der Waals surface area contributed by atoms with Crippen LogP contribution < -0.4 is 10.1 Å². The molecule has 1 aliphatic rings. The molecule has 0 unspecified atom stereocenters. The van der Waals surface area contributed by atoms with Crippen LogP contribution >= 0.6 is 11.3 Å². The maximum absolute atomic E-state index is 11.5. The first-order chi connectivity index (χ1) is 15.0. The fraction of sp³-hybridized carbons (Fsp3) is 0.360. The summed E-state index contributed by atoms with van der Waals surface area (Å²) in [6, 6.07) is 12.8. The number of methoxy groups -OCH3 is 1. The Morgan fingerprint density at radius 2 is 2.13 bits per heavy atom. The fourth-order valence-corrected chi connectivity index (χ4v) is 5.04. The van der Waals surface area contributed by atoms with E-state index in [1.807, 2.05) is 26.1 Å². The molecule has 1 N–H and O–H groups in total. The number of thiazole rings is 1. The Labute approximate surface area is 187 Å². The largest absolute Gasteiger partial charge is 0.491 e. The van der Waals surface area contributed by atoms with Crippen molar-refractivity contribution in [2.75, 3.05) is 13.7 Å². The van der Waals surface area contributed by atoms with Gasteiger partial charge in [-0.3, -0.25) is 4.79 Å². The van der Waals surface area contributed by atoms with E-state index in [1.165, 1.54) is 28.7 Å². The molecule has 2 aromatic carbocycles. The molecular weight excluding hydrogens is 408 g/mol. The summed E-state index contributed by atoms with van der Waals surface area (Å²) in [6.45, 7) is 6.37. The first kappa shape index (κ1) is 21.5. The number of carbonyl (C=O) groups excluding carboxylic acids is 1. The van der Waals surface area contributed by atoms with Crippen molar-refractivity contribution in [1.82, 2.24) is 10.3 Å². The normalized spacial score (nSPS) is 15.2. The number of ether oxygens (including phenoxy) is 2. The Bertz CT molecular complexity index is 1090. The lowest BCUT2D eigenvalue weighted by Crippen LogP contribution is -2.27. The Kier molecular flexibility index (Phi) is 6.39. The van der Waals surface area contributed by atoms with Gasteiger partial charge in [0.2, 0.25) is 0 Å². The lowest BCUT2D eigenvalue weighted by atomic mass is 10.0. The van der Waals surface area contributed by atoms with Crippen molar-refractivity contribution in [3.8, 4) is 26.8 Å². The molecule has 1 aromatic heterocycles. The molecule has 1 atom stereocenters. The molecule has 3 aromatic rings. The highest BCUT2D eigenvalue weighted by atomic mass is 32.1. The second kappa shape index (κ2) is 9.20. The van der Waals surface area contributed by atoms with Crippen LogP contribution in [0, 0.1) is 6.92 Å². The number of aryl methyl sites for hydroxylation is 1. The number of esters is 1. The SMILES string of the molecule is COC(=O)CN[C@H]1CCc2c(-c3cnc(-c4ccc(OC(C)C)c(C)c4)s3)cccc21. The van der Waals surface area contributed by atoms with E-state index in [1.54, 1.807) is 11.3 Å². The average Bonchev–Trinajstić information content (AvgIpc) is 3.40. The van der Waals surface area contributed by atoms with E-state index in [0.717, 1.165) is 34.7 Å². The number of hydrogen-bond acceptors (Lipinski definition) is 6. The van der Waals surface area contributed by atoms with Gasteiger partial charge in [0.1, 0.15) is 10.8 Å². The van der Waals surface area contributed by atoms with Crippen LogP contribution in [0.4, 0.5) is 0 Å². The molecule has 0 saturated carbocycles. The zero-order valence-electron chi connectivity index (χ0n) is 18.4. The number of nitrogens with one attached hydrogen (secondary N) is 1. The highest BCUT2D eigenvalue weighted by Gasteiger charge is 2.26. The molecule has 1 aliphatic carbocycles. The first-order valence-electron chi connectivity index (χ1n) is 10.6. The Morgan fingerprint density at radius 3 is 2.87 bits per heavy atom. The number of benzene rings is 2. The molecule has 0 saturated heterocycles. The van der Waals surface area contributed by atoms with Gasteiger partial charge in [-0.15, -0.1) is 11.3 Å². The maximum atomic E-state index is 11.5. The summed E-state index contributed by atoms with van der Waals surface area (Å²) in [4.78, 5) is 17.4. The monoisotopic (exact) mass is 436 g/mol. The number of rotatable bonds is 7. The van der Waals surface area contributed by atoms with E-state index in [2.05, 4.69) is 42.6 Å². The van der Waals surface area contributed by atoms with Gasteiger partial charge in [-0.05, 0) is 74.1 Å². The summed E-state index contributed by atoms with van der Waals surface area (Å²) in [5.74, 6) is 0.679. The van der Waals surface area contributed by atoms with Crippen LogP contribution in [0.25, 0.3) is 21.0 Å². The van der Waals surface area contributed by atoms with E-state index in [4.69, 9.17) is 14.5 Å². The minimum absolute atomic E-state index is 0.155. The Balaban J connectivity index is 1.57. The molecule has 5 nitrogen and oxygen atoms in total. The average molecular weight is 437 g/mol. The Hall–Kier alpha value is -2.70. The van der Waals surface area contributed by atoms with Crippen molar-refractivity contribution in [2.24, 2.45) is 0 Å². The van der Waals surface area contributed by atoms with Gasteiger partial charge in [0.05, 0.1) is 24.6 Å². The third-order valence-corrected chi connectivity index (χ3v) is 6.63. The van der Waals surface area contributed by atoms with Crippen molar-refractivity contribution < 1.29 is 14.3 Å². The third-order valence-electron chi connectivity index (χ3n) is 5.55. The van der Waals surface area contributed by atoms with Crippen LogP contribution in [-0.4, -0.2) is 30.7 Å². The number of hydrogen-bond donors (Lipinski definition) is 1. The summed E-state index contributed by atoms with van der Waals surface area (Å²) in [5.41, 5.74) is 6.07. The molecule has 0 bridgehead atoms. The lowest BCUT2D eigenvalue weighted by Gasteiger charge is -2.14. The minimum atomic E-state index is -0.239. The van der Waals surface area contributed by atoms with Crippen LogP contribution in [0.3, 0.4) is 0 Å². The fourth-order valence-electron chi connectivity index (χ4n) is 4.08. The molecule has 162 valence electrons. The van der Waals surface area contributed by atoms with Gasteiger partial charge in [-0.1, -0.05) is 18.2 Å². The zero-order chi connectivity index (χ0) is 22.0. The van der Waals surface area contributed by atoms with Crippen molar-refractivity contribution >= 4 is 17.3 Å². The van der Waals surface area contributed by atoms with Crippen molar-refractivity contribution in [3.63, 3.8) is 0 Å². The first-order valence-corrected chi connectivity index (χ1v) is 11.4. The molecule has 31 heavy (non-hydrogen) atoms. The number of fused-ring (bicyclic) bond motifs is 1.